The zero-order valence-corrected chi connectivity index (χ0v) is 12.2. The molecule has 0 aliphatic carbocycles. The molecule has 0 bridgehead atoms. The number of nitrogens with zero attached hydrogens (tertiary/aromatic N) is 1. The highest BCUT2D eigenvalue weighted by molar-refractivity contribution is 4.83. The number of rotatable bonds is 7. The van der Waals surface area contributed by atoms with Crippen LogP contribution in [0.3, 0.4) is 0 Å². The fourth-order valence-electron chi connectivity index (χ4n) is 1.95. The summed E-state index contributed by atoms with van der Waals surface area (Å²) in [5, 5.41) is 3.29. The van der Waals surface area contributed by atoms with Crippen LogP contribution >= 0.6 is 0 Å². The summed E-state index contributed by atoms with van der Waals surface area (Å²) in [4.78, 5) is 1.50. The van der Waals surface area contributed by atoms with E-state index in [-0.39, 0.29) is 11.5 Å². The minimum Gasteiger partial charge on any atom is -0.312 e. The van der Waals surface area contributed by atoms with Gasteiger partial charge in [0.05, 0.1) is 6.54 Å². The van der Waals surface area contributed by atoms with Crippen LogP contribution in [0.4, 0.5) is 13.2 Å². The first-order valence-corrected chi connectivity index (χ1v) is 6.62. The molecule has 0 spiro atoms. The van der Waals surface area contributed by atoms with Crippen LogP contribution in [-0.4, -0.2) is 43.3 Å². The smallest absolute Gasteiger partial charge is 0.312 e. The van der Waals surface area contributed by atoms with E-state index in [4.69, 9.17) is 0 Å². The maximum Gasteiger partial charge on any atom is 0.401 e. The quantitative estimate of drug-likeness (QED) is 0.762. The second-order valence-electron chi connectivity index (χ2n) is 5.83. The highest BCUT2D eigenvalue weighted by Crippen LogP contribution is 2.22. The molecule has 5 heteroatoms. The maximum atomic E-state index is 12.5. The zero-order chi connectivity index (χ0) is 14.4. The Morgan fingerprint density at radius 1 is 1.11 bits per heavy atom. The fourth-order valence-corrected chi connectivity index (χ4v) is 1.95. The summed E-state index contributed by atoms with van der Waals surface area (Å²) in [5.41, 5.74) is -0.0480. The van der Waals surface area contributed by atoms with Crippen LogP contribution in [0, 0.1) is 5.41 Å². The molecular weight excluding hydrogens is 241 g/mol. The molecule has 0 radical (unpaired) electrons. The van der Waals surface area contributed by atoms with E-state index in [2.05, 4.69) is 26.1 Å². The molecule has 2 nitrogen and oxygen atoms in total. The van der Waals surface area contributed by atoms with Crippen molar-refractivity contribution in [3.8, 4) is 0 Å². The van der Waals surface area contributed by atoms with Gasteiger partial charge in [-0.25, -0.2) is 0 Å². The molecule has 1 unspecified atom stereocenters. The van der Waals surface area contributed by atoms with E-state index in [9.17, 15) is 13.2 Å². The lowest BCUT2D eigenvalue weighted by Crippen LogP contribution is -2.50. The van der Waals surface area contributed by atoms with Crippen molar-refractivity contribution in [2.75, 3.05) is 26.2 Å². The van der Waals surface area contributed by atoms with Gasteiger partial charge in [-0.1, -0.05) is 34.6 Å². The standard InChI is InChI=1S/C13H27F3N2/c1-6-8-18(10-13(14,15)16)9-11(17-7-2)12(3,4)5/h11,17H,6-10H2,1-5H3. The summed E-state index contributed by atoms with van der Waals surface area (Å²) in [7, 11) is 0. The molecule has 0 rings (SSSR count). The van der Waals surface area contributed by atoms with Crippen molar-refractivity contribution >= 4 is 0 Å². The molecule has 0 aliphatic heterocycles. The molecule has 0 saturated carbocycles. The third kappa shape index (κ3) is 7.93. The normalized spacial score (nSPS) is 15.2. The average Bonchev–Trinajstić information content (AvgIpc) is 2.13. The SMILES string of the molecule is CCCN(CC(NCC)C(C)(C)C)CC(F)(F)F. The van der Waals surface area contributed by atoms with E-state index < -0.39 is 12.7 Å². The molecule has 0 heterocycles. The van der Waals surface area contributed by atoms with Crippen molar-refractivity contribution in [1.82, 2.24) is 10.2 Å². The summed E-state index contributed by atoms with van der Waals surface area (Å²) in [6, 6.07) is 0.0661. The number of nitrogens with one attached hydrogen (secondary N) is 1. The Labute approximate surface area is 109 Å². The first-order valence-electron chi connectivity index (χ1n) is 6.62. The Kier molecular flexibility index (Phi) is 7.22. The van der Waals surface area contributed by atoms with Crippen LogP contribution in [0.25, 0.3) is 0 Å². The summed E-state index contributed by atoms with van der Waals surface area (Å²) in [5.74, 6) is 0. The van der Waals surface area contributed by atoms with E-state index in [0.717, 1.165) is 13.0 Å². The van der Waals surface area contributed by atoms with Gasteiger partial charge in [-0.2, -0.15) is 13.2 Å². The molecular formula is C13H27F3N2. The predicted octanol–water partition coefficient (Wildman–Crippen LogP) is 3.28. The number of likely N-dealkylation sites (N-methyl/N-ethyl adjacent to an activating group) is 1. The van der Waals surface area contributed by atoms with E-state index in [1.807, 2.05) is 13.8 Å². The van der Waals surface area contributed by atoms with Gasteiger partial charge in [-0.3, -0.25) is 4.90 Å². The second kappa shape index (κ2) is 7.34. The van der Waals surface area contributed by atoms with E-state index >= 15 is 0 Å². The Morgan fingerprint density at radius 3 is 2.00 bits per heavy atom. The molecule has 110 valence electrons. The summed E-state index contributed by atoms with van der Waals surface area (Å²) < 4.78 is 37.5. The minimum atomic E-state index is -4.12. The lowest BCUT2D eigenvalue weighted by atomic mass is 9.86. The van der Waals surface area contributed by atoms with Crippen molar-refractivity contribution in [2.45, 2.75) is 53.3 Å². The lowest BCUT2D eigenvalue weighted by molar-refractivity contribution is -0.147. The number of hydrogen-bond donors (Lipinski definition) is 1. The van der Waals surface area contributed by atoms with Crippen LogP contribution in [0.1, 0.15) is 41.0 Å². The summed E-state index contributed by atoms with van der Waals surface area (Å²) in [6.45, 7) is 10.9. The monoisotopic (exact) mass is 268 g/mol. The van der Waals surface area contributed by atoms with Crippen LogP contribution in [-0.2, 0) is 0 Å². The molecule has 0 aromatic rings. The molecule has 18 heavy (non-hydrogen) atoms. The predicted molar refractivity (Wildman–Crippen MR) is 69.7 cm³/mol. The van der Waals surface area contributed by atoms with Gasteiger partial charge < -0.3 is 5.32 Å². The van der Waals surface area contributed by atoms with Crippen molar-refractivity contribution in [2.24, 2.45) is 5.41 Å². The first-order chi connectivity index (χ1) is 8.10. The second-order valence-corrected chi connectivity index (χ2v) is 5.83. The maximum absolute atomic E-state index is 12.5. The average molecular weight is 268 g/mol. The van der Waals surface area contributed by atoms with Crippen molar-refractivity contribution in [1.29, 1.82) is 0 Å². The minimum absolute atomic E-state index is 0.0480. The Bertz CT molecular complexity index is 221. The third-order valence-corrected chi connectivity index (χ3v) is 2.88. The van der Waals surface area contributed by atoms with Crippen molar-refractivity contribution < 1.29 is 13.2 Å². The van der Waals surface area contributed by atoms with E-state index in [1.54, 1.807) is 0 Å². The highest BCUT2D eigenvalue weighted by atomic mass is 19.4. The van der Waals surface area contributed by atoms with Gasteiger partial charge in [-0.05, 0) is 24.9 Å². The van der Waals surface area contributed by atoms with Gasteiger partial charge in [0, 0.05) is 12.6 Å². The molecule has 0 amide bonds. The van der Waals surface area contributed by atoms with Crippen LogP contribution in [0.15, 0.2) is 0 Å². The molecule has 0 saturated heterocycles. The van der Waals surface area contributed by atoms with Crippen molar-refractivity contribution in [3.63, 3.8) is 0 Å². The number of alkyl halides is 3. The lowest BCUT2D eigenvalue weighted by Gasteiger charge is -2.36. The topological polar surface area (TPSA) is 15.3 Å². The van der Waals surface area contributed by atoms with Gasteiger partial charge >= 0.3 is 6.18 Å². The number of hydrogen-bond acceptors (Lipinski definition) is 2. The van der Waals surface area contributed by atoms with Crippen LogP contribution < -0.4 is 5.32 Å². The molecule has 0 aliphatic rings. The Morgan fingerprint density at radius 2 is 1.67 bits per heavy atom. The largest absolute Gasteiger partial charge is 0.401 e. The van der Waals surface area contributed by atoms with Gasteiger partial charge in [-0.15, -0.1) is 0 Å². The Hall–Kier alpha value is -0.290. The third-order valence-electron chi connectivity index (χ3n) is 2.88. The van der Waals surface area contributed by atoms with Gasteiger partial charge in [0.25, 0.3) is 0 Å². The molecule has 0 aromatic carbocycles. The van der Waals surface area contributed by atoms with Gasteiger partial charge in [0.15, 0.2) is 0 Å². The highest BCUT2D eigenvalue weighted by Gasteiger charge is 2.33. The first kappa shape index (κ1) is 17.7. The van der Waals surface area contributed by atoms with Gasteiger partial charge in [0.1, 0.15) is 0 Å². The number of halogens is 3. The van der Waals surface area contributed by atoms with E-state index in [1.165, 1.54) is 4.90 Å². The summed E-state index contributed by atoms with van der Waals surface area (Å²) >= 11 is 0. The van der Waals surface area contributed by atoms with Crippen LogP contribution in [0.2, 0.25) is 0 Å². The summed E-state index contributed by atoms with van der Waals surface area (Å²) in [6.07, 6.45) is -3.39. The fraction of sp³-hybridized carbons (Fsp3) is 1.00. The van der Waals surface area contributed by atoms with Crippen molar-refractivity contribution in [3.05, 3.63) is 0 Å². The van der Waals surface area contributed by atoms with Gasteiger partial charge in [0.2, 0.25) is 0 Å². The zero-order valence-electron chi connectivity index (χ0n) is 12.2. The van der Waals surface area contributed by atoms with E-state index in [0.29, 0.717) is 13.1 Å². The molecule has 1 N–H and O–H groups in total. The molecule has 1 atom stereocenters. The Balaban J connectivity index is 4.60. The molecule has 0 aromatic heterocycles. The van der Waals surface area contributed by atoms with Crippen LogP contribution in [0.5, 0.6) is 0 Å². The molecule has 0 fully saturated rings.